The quantitative estimate of drug-likeness (QED) is 0.361. The van der Waals surface area contributed by atoms with Gasteiger partial charge in [0.25, 0.3) is 0 Å². The molecule has 0 saturated carbocycles. The van der Waals surface area contributed by atoms with Gasteiger partial charge in [0.1, 0.15) is 5.60 Å². The van der Waals surface area contributed by atoms with Crippen molar-refractivity contribution in [2.45, 2.75) is 38.3 Å². The zero-order valence-corrected chi connectivity index (χ0v) is 16.4. The Morgan fingerprint density at radius 2 is 2.41 bits per heavy atom. The van der Waals surface area contributed by atoms with Gasteiger partial charge in [0, 0.05) is 17.5 Å². The predicted molar refractivity (Wildman–Crippen MR) is 104 cm³/mol. The fourth-order valence-corrected chi connectivity index (χ4v) is 3.50. The molecule has 0 amide bonds. The van der Waals surface area contributed by atoms with Gasteiger partial charge in [-0.2, -0.15) is 0 Å². The van der Waals surface area contributed by atoms with E-state index in [0.29, 0.717) is 12.0 Å². The second kappa shape index (κ2) is 9.05. The van der Waals surface area contributed by atoms with Gasteiger partial charge in [-0.3, -0.25) is 9.89 Å². The number of nitrogens with zero attached hydrogens (tertiary/aromatic N) is 2. The minimum absolute atomic E-state index is 0. The lowest BCUT2D eigenvalue weighted by Gasteiger charge is -2.23. The van der Waals surface area contributed by atoms with E-state index in [9.17, 15) is 5.11 Å². The number of aliphatic hydroxyl groups is 1. The number of likely N-dealkylation sites (tertiary alicyclic amines) is 1. The summed E-state index contributed by atoms with van der Waals surface area (Å²) >= 11 is 1.53. The van der Waals surface area contributed by atoms with Crippen molar-refractivity contribution in [3.63, 3.8) is 0 Å². The van der Waals surface area contributed by atoms with Crippen LogP contribution in [0.25, 0.3) is 0 Å². The molecule has 0 radical (unpaired) electrons. The van der Waals surface area contributed by atoms with Gasteiger partial charge >= 0.3 is 0 Å². The van der Waals surface area contributed by atoms with Crippen LogP contribution >= 0.6 is 35.3 Å². The lowest BCUT2D eigenvalue weighted by atomic mass is 10.1. The normalized spacial score (nSPS) is 22.1. The van der Waals surface area contributed by atoms with Crippen molar-refractivity contribution in [1.82, 2.24) is 10.2 Å². The van der Waals surface area contributed by atoms with Crippen LogP contribution in [0, 0.1) is 0 Å². The van der Waals surface area contributed by atoms with E-state index in [0.717, 1.165) is 18.0 Å². The van der Waals surface area contributed by atoms with E-state index in [1.165, 1.54) is 30.7 Å². The van der Waals surface area contributed by atoms with Crippen LogP contribution in [0.4, 0.5) is 0 Å². The summed E-state index contributed by atoms with van der Waals surface area (Å²) in [7, 11) is 0. The van der Waals surface area contributed by atoms with Crippen molar-refractivity contribution in [2.24, 2.45) is 10.7 Å². The lowest BCUT2D eigenvalue weighted by molar-refractivity contribution is 0.0712. The molecule has 2 atom stereocenters. The fraction of sp³-hybridized carbons (Fsp3) is 0.667. The molecule has 1 fully saturated rings. The van der Waals surface area contributed by atoms with E-state index in [-0.39, 0.29) is 30.5 Å². The highest BCUT2D eigenvalue weighted by molar-refractivity contribution is 14.0. The summed E-state index contributed by atoms with van der Waals surface area (Å²) in [4.78, 5) is 7.65. The highest BCUT2D eigenvalue weighted by Gasteiger charge is 2.24. The molecule has 2 rings (SSSR count). The van der Waals surface area contributed by atoms with Crippen molar-refractivity contribution in [3.05, 3.63) is 22.4 Å². The molecular formula is C15H27IN4OS. The molecule has 0 spiro atoms. The minimum atomic E-state index is -0.955. The molecule has 7 heteroatoms. The molecule has 2 unspecified atom stereocenters. The molecule has 126 valence electrons. The highest BCUT2D eigenvalue weighted by atomic mass is 127. The lowest BCUT2D eigenvalue weighted by Crippen LogP contribution is -2.43. The van der Waals surface area contributed by atoms with Crippen LogP contribution in [-0.2, 0) is 5.60 Å². The fourth-order valence-electron chi connectivity index (χ4n) is 2.72. The van der Waals surface area contributed by atoms with Crippen molar-refractivity contribution in [3.8, 4) is 0 Å². The van der Waals surface area contributed by atoms with E-state index in [1.54, 1.807) is 6.92 Å². The number of hydrogen-bond donors (Lipinski definition) is 3. The predicted octanol–water partition coefficient (Wildman–Crippen LogP) is 1.96. The number of aliphatic imine (C=N–C) groups is 1. The Balaban J connectivity index is 0.00000242. The SMILES string of the molecule is CCN1CCCC1CNC(N)=NCC(C)(O)c1cccs1.I. The number of nitrogens with two attached hydrogens (primary N) is 1. The van der Waals surface area contributed by atoms with Crippen LogP contribution in [-0.4, -0.2) is 48.2 Å². The molecular weight excluding hydrogens is 411 g/mol. The Bertz CT molecular complexity index is 464. The minimum Gasteiger partial charge on any atom is -0.383 e. The molecule has 4 N–H and O–H groups in total. The standard InChI is InChI=1S/C15H26N4OS.HI/c1-3-19-8-4-6-12(19)10-17-14(16)18-11-15(2,20)13-7-5-9-21-13;/h5,7,9,12,20H,3-4,6,8,10-11H2,1-2H3,(H3,16,17,18);1H. The molecule has 1 saturated heterocycles. The Hall–Kier alpha value is -0.380. The largest absolute Gasteiger partial charge is 0.383 e. The second-order valence-electron chi connectivity index (χ2n) is 5.76. The molecule has 0 bridgehead atoms. The van der Waals surface area contributed by atoms with Gasteiger partial charge in [0.15, 0.2) is 5.96 Å². The number of hydrogen-bond acceptors (Lipinski definition) is 4. The Morgan fingerprint density at radius 1 is 1.64 bits per heavy atom. The maximum Gasteiger partial charge on any atom is 0.188 e. The van der Waals surface area contributed by atoms with E-state index in [1.807, 2.05) is 17.5 Å². The zero-order valence-electron chi connectivity index (χ0n) is 13.3. The Morgan fingerprint density at radius 3 is 3.05 bits per heavy atom. The van der Waals surface area contributed by atoms with E-state index in [2.05, 4.69) is 22.1 Å². The van der Waals surface area contributed by atoms with Gasteiger partial charge in [-0.05, 0) is 44.3 Å². The summed E-state index contributed by atoms with van der Waals surface area (Å²) in [6.45, 7) is 7.31. The number of halogens is 1. The maximum atomic E-state index is 10.4. The van der Waals surface area contributed by atoms with E-state index < -0.39 is 5.60 Å². The van der Waals surface area contributed by atoms with Crippen LogP contribution in [0.3, 0.4) is 0 Å². The average molecular weight is 438 g/mol. The summed E-state index contributed by atoms with van der Waals surface area (Å²) in [5, 5.41) is 15.5. The van der Waals surface area contributed by atoms with Crippen molar-refractivity contribution >= 4 is 41.3 Å². The van der Waals surface area contributed by atoms with E-state index >= 15 is 0 Å². The van der Waals surface area contributed by atoms with Crippen molar-refractivity contribution in [2.75, 3.05) is 26.2 Å². The van der Waals surface area contributed by atoms with Crippen molar-refractivity contribution in [1.29, 1.82) is 0 Å². The first-order valence-corrected chi connectivity index (χ1v) is 8.45. The number of likely N-dealkylation sites (N-methyl/N-ethyl adjacent to an activating group) is 1. The molecule has 22 heavy (non-hydrogen) atoms. The molecule has 0 aliphatic carbocycles. The molecule has 0 aromatic carbocycles. The monoisotopic (exact) mass is 438 g/mol. The van der Waals surface area contributed by atoms with E-state index in [4.69, 9.17) is 5.73 Å². The third-order valence-electron chi connectivity index (χ3n) is 4.03. The first kappa shape index (κ1) is 19.7. The summed E-state index contributed by atoms with van der Waals surface area (Å²) in [6.07, 6.45) is 2.46. The van der Waals surface area contributed by atoms with Gasteiger partial charge in [-0.1, -0.05) is 13.0 Å². The number of nitrogens with one attached hydrogen (secondary N) is 1. The van der Waals surface area contributed by atoms with Gasteiger partial charge in [0.05, 0.1) is 6.54 Å². The molecule has 1 aromatic heterocycles. The maximum absolute atomic E-state index is 10.4. The molecule has 1 aromatic rings. The summed E-state index contributed by atoms with van der Waals surface area (Å²) in [5.74, 6) is 0.412. The number of guanidine groups is 1. The summed E-state index contributed by atoms with van der Waals surface area (Å²) in [5.41, 5.74) is 4.96. The van der Waals surface area contributed by atoms with Crippen LogP contribution in [0.5, 0.6) is 0 Å². The third kappa shape index (κ3) is 5.36. The van der Waals surface area contributed by atoms with Gasteiger partial charge in [0.2, 0.25) is 0 Å². The summed E-state index contributed by atoms with van der Waals surface area (Å²) < 4.78 is 0. The van der Waals surface area contributed by atoms with Gasteiger partial charge in [-0.25, -0.2) is 0 Å². The Labute approximate surface area is 154 Å². The summed E-state index contributed by atoms with van der Waals surface area (Å²) in [6, 6.07) is 4.39. The number of rotatable bonds is 6. The molecule has 1 aliphatic heterocycles. The van der Waals surface area contributed by atoms with Crippen LogP contribution < -0.4 is 11.1 Å². The molecule has 5 nitrogen and oxygen atoms in total. The van der Waals surface area contributed by atoms with Crippen LogP contribution in [0.2, 0.25) is 0 Å². The highest BCUT2D eigenvalue weighted by Crippen LogP contribution is 2.25. The van der Waals surface area contributed by atoms with Gasteiger partial charge in [-0.15, -0.1) is 35.3 Å². The molecule has 1 aliphatic rings. The third-order valence-corrected chi connectivity index (χ3v) is 5.16. The van der Waals surface area contributed by atoms with Gasteiger partial charge < -0.3 is 16.2 Å². The average Bonchev–Trinajstić information content (AvgIpc) is 3.13. The second-order valence-corrected chi connectivity index (χ2v) is 6.71. The topological polar surface area (TPSA) is 73.9 Å². The van der Waals surface area contributed by atoms with Crippen LogP contribution in [0.1, 0.15) is 31.6 Å². The van der Waals surface area contributed by atoms with Crippen LogP contribution in [0.15, 0.2) is 22.5 Å². The molecule has 2 heterocycles. The van der Waals surface area contributed by atoms with Crippen molar-refractivity contribution < 1.29 is 5.11 Å². The Kier molecular flexibility index (Phi) is 8.09. The first-order valence-electron chi connectivity index (χ1n) is 7.57. The zero-order chi connectivity index (χ0) is 15.3. The first-order chi connectivity index (χ1) is 10.0. The smallest absolute Gasteiger partial charge is 0.188 e. The number of thiophene rings is 1.